The van der Waals surface area contributed by atoms with Gasteiger partial charge in [-0.2, -0.15) is 0 Å². The van der Waals surface area contributed by atoms with Gasteiger partial charge in [-0.3, -0.25) is 0 Å². The highest BCUT2D eigenvalue weighted by Crippen LogP contribution is 2.50. The molecule has 1 unspecified atom stereocenters. The summed E-state index contributed by atoms with van der Waals surface area (Å²) in [7, 11) is -0.941. The molecule has 0 saturated heterocycles. The monoisotopic (exact) mass is 376 g/mol. The topological polar surface area (TPSA) is 20.2 Å². The van der Waals surface area contributed by atoms with Crippen molar-refractivity contribution in [2.24, 2.45) is 0 Å². The quantitative estimate of drug-likeness (QED) is 0.583. The van der Waals surface area contributed by atoms with E-state index >= 15 is 0 Å². The molecule has 0 aliphatic rings. The minimum absolute atomic E-state index is 0.526. The maximum Gasteiger partial charge on any atom is 0.106 e. The third kappa shape index (κ3) is 4.00. The van der Waals surface area contributed by atoms with Gasteiger partial charge in [0.15, 0.2) is 0 Å². The molecule has 27 heavy (non-hydrogen) atoms. The largest absolute Gasteiger partial charge is 0.383 e. The standard InChI is InChI=1S/C25H29OP/c1-16-12-18(3)23(19(4)13-16)27(25(26)22-10-8-7-9-11-22)24-20(5)14-17(2)15-21(24)6/h7-15,25-26H,1-6H3. The molecular weight excluding hydrogens is 347 g/mol. The fourth-order valence-electron chi connectivity index (χ4n) is 4.24. The van der Waals surface area contributed by atoms with E-state index in [0.29, 0.717) is 0 Å². The Kier molecular flexibility index (Phi) is 5.84. The van der Waals surface area contributed by atoms with Gasteiger partial charge in [0.25, 0.3) is 0 Å². The number of rotatable bonds is 4. The molecular formula is C25H29OP. The van der Waals surface area contributed by atoms with Crippen LogP contribution in [0.2, 0.25) is 0 Å². The van der Waals surface area contributed by atoms with Gasteiger partial charge in [0.1, 0.15) is 5.85 Å². The number of aliphatic hydroxyl groups excluding tert-OH is 1. The first-order chi connectivity index (χ1) is 12.8. The molecule has 0 heterocycles. The lowest BCUT2D eigenvalue weighted by molar-refractivity contribution is 0.266. The number of aliphatic hydroxyl groups is 1. The summed E-state index contributed by atoms with van der Waals surface area (Å²) in [4.78, 5) is 0. The van der Waals surface area contributed by atoms with Crippen LogP contribution in [0.15, 0.2) is 54.6 Å². The average Bonchev–Trinajstić information content (AvgIpc) is 2.59. The molecule has 0 aromatic heterocycles. The molecule has 0 aliphatic carbocycles. The first-order valence-electron chi connectivity index (χ1n) is 9.47. The normalized spacial score (nSPS) is 12.4. The smallest absolute Gasteiger partial charge is 0.106 e. The van der Waals surface area contributed by atoms with Crippen LogP contribution in [-0.4, -0.2) is 5.11 Å². The lowest BCUT2D eigenvalue weighted by atomic mass is 10.1. The van der Waals surface area contributed by atoms with Crippen LogP contribution in [0.1, 0.15) is 44.8 Å². The van der Waals surface area contributed by atoms with E-state index in [4.69, 9.17) is 0 Å². The van der Waals surface area contributed by atoms with Gasteiger partial charge in [0.2, 0.25) is 0 Å². The summed E-state index contributed by atoms with van der Waals surface area (Å²) in [6.07, 6.45) is 0. The van der Waals surface area contributed by atoms with Crippen LogP contribution in [0.4, 0.5) is 0 Å². The summed E-state index contributed by atoms with van der Waals surface area (Å²) in [6.45, 7) is 13.0. The Hall–Kier alpha value is -1.95. The zero-order valence-electron chi connectivity index (χ0n) is 17.2. The van der Waals surface area contributed by atoms with Gasteiger partial charge in [-0.1, -0.05) is 65.7 Å². The molecule has 3 aromatic carbocycles. The van der Waals surface area contributed by atoms with E-state index in [-0.39, 0.29) is 0 Å². The van der Waals surface area contributed by atoms with Crippen LogP contribution in [0.25, 0.3) is 0 Å². The van der Waals surface area contributed by atoms with Gasteiger partial charge >= 0.3 is 0 Å². The number of hydrogen-bond acceptors (Lipinski definition) is 1. The fourth-order valence-corrected chi connectivity index (χ4v) is 7.20. The molecule has 0 spiro atoms. The molecule has 1 N–H and O–H groups in total. The fraction of sp³-hybridized carbons (Fsp3) is 0.280. The van der Waals surface area contributed by atoms with E-state index in [0.717, 1.165) is 5.56 Å². The summed E-state index contributed by atoms with van der Waals surface area (Å²) in [5.74, 6) is -0.526. The van der Waals surface area contributed by atoms with Gasteiger partial charge in [0, 0.05) is 0 Å². The third-order valence-electron chi connectivity index (χ3n) is 5.09. The molecule has 1 nitrogen and oxygen atoms in total. The van der Waals surface area contributed by atoms with Crippen molar-refractivity contribution in [2.75, 3.05) is 0 Å². The van der Waals surface area contributed by atoms with Crippen molar-refractivity contribution < 1.29 is 5.11 Å². The van der Waals surface area contributed by atoms with Crippen molar-refractivity contribution in [1.82, 2.24) is 0 Å². The van der Waals surface area contributed by atoms with Crippen LogP contribution >= 0.6 is 7.92 Å². The summed E-state index contributed by atoms with van der Waals surface area (Å²) in [5, 5.41) is 14.2. The van der Waals surface area contributed by atoms with Crippen molar-refractivity contribution in [3.05, 3.63) is 93.5 Å². The highest BCUT2D eigenvalue weighted by Gasteiger charge is 2.29. The highest BCUT2D eigenvalue weighted by atomic mass is 31.1. The lowest BCUT2D eigenvalue weighted by Crippen LogP contribution is -2.25. The van der Waals surface area contributed by atoms with Crippen LogP contribution in [0.5, 0.6) is 0 Å². The number of benzene rings is 3. The number of hydrogen-bond donors (Lipinski definition) is 1. The van der Waals surface area contributed by atoms with Crippen molar-refractivity contribution >= 4 is 18.5 Å². The maximum atomic E-state index is 11.6. The van der Waals surface area contributed by atoms with Crippen molar-refractivity contribution in [2.45, 2.75) is 47.4 Å². The molecule has 0 bridgehead atoms. The van der Waals surface area contributed by atoms with E-state index in [2.05, 4.69) is 65.8 Å². The van der Waals surface area contributed by atoms with Gasteiger partial charge in [0.05, 0.1) is 0 Å². The Labute approximate surface area is 164 Å². The Morgan fingerprint density at radius 1 is 0.630 bits per heavy atom. The van der Waals surface area contributed by atoms with Gasteiger partial charge in [-0.05, 0) is 87.9 Å². The second-order valence-electron chi connectivity index (χ2n) is 7.65. The summed E-state index contributed by atoms with van der Waals surface area (Å²) < 4.78 is 0. The Morgan fingerprint density at radius 2 is 1.00 bits per heavy atom. The Balaban J connectivity index is 2.29. The van der Waals surface area contributed by atoms with E-state index in [1.165, 1.54) is 44.0 Å². The molecule has 0 fully saturated rings. The van der Waals surface area contributed by atoms with E-state index < -0.39 is 13.8 Å². The third-order valence-corrected chi connectivity index (χ3v) is 8.26. The summed E-state index contributed by atoms with van der Waals surface area (Å²) in [6, 6.07) is 19.1. The van der Waals surface area contributed by atoms with Crippen LogP contribution in [-0.2, 0) is 0 Å². The molecule has 0 amide bonds. The predicted molar refractivity (Wildman–Crippen MR) is 119 cm³/mol. The molecule has 140 valence electrons. The Bertz CT molecular complexity index is 856. The van der Waals surface area contributed by atoms with E-state index in [1.807, 2.05) is 30.3 Å². The molecule has 2 heteroatoms. The minimum Gasteiger partial charge on any atom is -0.383 e. The Morgan fingerprint density at radius 3 is 1.37 bits per heavy atom. The summed E-state index contributed by atoms with van der Waals surface area (Å²) >= 11 is 0. The first-order valence-corrected chi connectivity index (χ1v) is 10.9. The number of aryl methyl sites for hydroxylation is 6. The van der Waals surface area contributed by atoms with Crippen molar-refractivity contribution in [1.29, 1.82) is 0 Å². The van der Waals surface area contributed by atoms with Gasteiger partial charge < -0.3 is 5.11 Å². The predicted octanol–water partition coefficient (Wildman–Crippen LogP) is 5.66. The molecule has 0 radical (unpaired) electrons. The van der Waals surface area contributed by atoms with Gasteiger partial charge in [-0.15, -0.1) is 0 Å². The molecule has 0 aliphatic heterocycles. The van der Waals surface area contributed by atoms with Crippen LogP contribution in [0.3, 0.4) is 0 Å². The second-order valence-corrected chi connectivity index (χ2v) is 9.77. The highest BCUT2D eigenvalue weighted by molar-refractivity contribution is 7.73. The molecule has 0 saturated carbocycles. The minimum atomic E-state index is -0.941. The molecule has 3 rings (SSSR count). The van der Waals surface area contributed by atoms with Crippen LogP contribution < -0.4 is 10.6 Å². The van der Waals surface area contributed by atoms with E-state index in [9.17, 15) is 5.11 Å². The van der Waals surface area contributed by atoms with Crippen molar-refractivity contribution in [3.63, 3.8) is 0 Å². The maximum absolute atomic E-state index is 11.6. The first kappa shape index (κ1) is 19.8. The molecule has 3 aromatic rings. The van der Waals surface area contributed by atoms with Gasteiger partial charge in [-0.25, -0.2) is 0 Å². The van der Waals surface area contributed by atoms with Crippen LogP contribution in [0, 0.1) is 41.5 Å². The SMILES string of the molecule is Cc1cc(C)c(P(c2c(C)cc(C)cc2C)C(O)c2ccccc2)c(C)c1. The zero-order chi connectivity index (χ0) is 19.7. The molecule has 1 atom stereocenters. The zero-order valence-corrected chi connectivity index (χ0v) is 18.1. The second kappa shape index (κ2) is 7.97. The summed E-state index contributed by atoms with van der Waals surface area (Å²) in [5.41, 5.74) is 8.62. The van der Waals surface area contributed by atoms with E-state index in [1.54, 1.807) is 0 Å². The van der Waals surface area contributed by atoms with Crippen molar-refractivity contribution in [3.8, 4) is 0 Å². The lowest BCUT2D eigenvalue weighted by Gasteiger charge is -2.31. The average molecular weight is 376 g/mol.